The van der Waals surface area contributed by atoms with Gasteiger partial charge in [-0.2, -0.15) is 0 Å². The fourth-order valence-corrected chi connectivity index (χ4v) is 2.23. The average Bonchev–Trinajstić information content (AvgIpc) is 2.25. The van der Waals surface area contributed by atoms with Crippen LogP contribution in [0.5, 0.6) is 0 Å². The van der Waals surface area contributed by atoms with E-state index in [1.807, 2.05) is 0 Å². The van der Waals surface area contributed by atoms with Gasteiger partial charge >= 0.3 is 0 Å². The summed E-state index contributed by atoms with van der Waals surface area (Å²) in [6.45, 7) is 9.67. The summed E-state index contributed by atoms with van der Waals surface area (Å²) >= 11 is 0. The summed E-state index contributed by atoms with van der Waals surface area (Å²) < 4.78 is 5.38. The van der Waals surface area contributed by atoms with Crippen LogP contribution in [0.15, 0.2) is 0 Å². The Labute approximate surface area is 104 Å². The van der Waals surface area contributed by atoms with E-state index in [0.717, 1.165) is 13.0 Å². The third kappa shape index (κ3) is 3.68. The van der Waals surface area contributed by atoms with Crippen molar-refractivity contribution < 1.29 is 9.53 Å². The van der Waals surface area contributed by atoms with Gasteiger partial charge in [-0.25, -0.2) is 0 Å². The van der Waals surface area contributed by atoms with E-state index >= 15 is 0 Å². The molecule has 0 aliphatic heterocycles. The van der Waals surface area contributed by atoms with Gasteiger partial charge in [0.15, 0.2) is 0 Å². The maximum Gasteiger partial charge on any atom is 0.233 e. The second kappa shape index (κ2) is 5.83. The Bertz CT molecular complexity index is 264. The maximum absolute atomic E-state index is 11.5. The molecule has 0 bridgehead atoms. The lowest BCUT2D eigenvalue weighted by Gasteiger charge is -2.51. The largest absolute Gasteiger partial charge is 0.381 e. The molecule has 1 rings (SSSR count). The average molecular weight is 242 g/mol. The Morgan fingerprint density at radius 1 is 1.47 bits per heavy atom. The lowest BCUT2D eigenvalue weighted by atomic mass is 9.64. The van der Waals surface area contributed by atoms with Crippen molar-refractivity contribution >= 4 is 5.91 Å². The van der Waals surface area contributed by atoms with Crippen molar-refractivity contribution in [1.29, 1.82) is 0 Å². The monoisotopic (exact) mass is 242 g/mol. The molecule has 0 aromatic carbocycles. The molecule has 1 saturated carbocycles. The standard InChI is InChI=1S/C13H26N2O2/c1-9(2)7-15-12(16)8-14-10-6-11(17-5)13(10,3)4/h9-11,14H,6-8H2,1-5H3,(H,15,16). The number of carbonyl (C=O) groups is 1. The summed E-state index contributed by atoms with van der Waals surface area (Å²) in [5.41, 5.74) is 0.118. The van der Waals surface area contributed by atoms with Gasteiger partial charge in [0.25, 0.3) is 0 Å². The fourth-order valence-electron chi connectivity index (χ4n) is 2.23. The van der Waals surface area contributed by atoms with Gasteiger partial charge < -0.3 is 15.4 Å². The quantitative estimate of drug-likeness (QED) is 0.735. The molecule has 0 radical (unpaired) electrons. The molecule has 2 N–H and O–H groups in total. The first-order valence-electron chi connectivity index (χ1n) is 6.40. The van der Waals surface area contributed by atoms with Gasteiger partial charge in [-0.15, -0.1) is 0 Å². The first-order valence-corrected chi connectivity index (χ1v) is 6.40. The number of rotatable bonds is 6. The number of ether oxygens (including phenoxy) is 1. The zero-order chi connectivity index (χ0) is 13.1. The van der Waals surface area contributed by atoms with Crippen LogP contribution in [0.1, 0.15) is 34.1 Å². The van der Waals surface area contributed by atoms with Crippen LogP contribution < -0.4 is 10.6 Å². The molecule has 4 heteroatoms. The predicted octanol–water partition coefficient (Wildman–Crippen LogP) is 1.16. The Morgan fingerprint density at radius 3 is 2.59 bits per heavy atom. The summed E-state index contributed by atoms with van der Waals surface area (Å²) in [5.74, 6) is 0.576. The van der Waals surface area contributed by atoms with E-state index in [0.29, 0.717) is 24.6 Å². The molecule has 2 atom stereocenters. The third-order valence-electron chi connectivity index (χ3n) is 3.68. The van der Waals surface area contributed by atoms with E-state index in [9.17, 15) is 4.79 Å². The highest BCUT2D eigenvalue weighted by atomic mass is 16.5. The van der Waals surface area contributed by atoms with Crippen molar-refractivity contribution in [1.82, 2.24) is 10.6 Å². The van der Waals surface area contributed by atoms with Gasteiger partial charge in [0.05, 0.1) is 12.6 Å². The molecule has 17 heavy (non-hydrogen) atoms. The molecule has 0 saturated heterocycles. The van der Waals surface area contributed by atoms with Crippen molar-refractivity contribution in [2.75, 3.05) is 20.2 Å². The second-order valence-corrected chi connectivity index (χ2v) is 5.91. The molecular formula is C13H26N2O2. The zero-order valence-corrected chi connectivity index (χ0v) is 11.7. The molecule has 0 aromatic rings. The van der Waals surface area contributed by atoms with Gasteiger partial charge in [-0.1, -0.05) is 27.7 Å². The van der Waals surface area contributed by atoms with Crippen LogP contribution in [0, 0.1) is 11.3 Å². The van der Waals surface area contributed by atoms with Crippen molar-refractivity contribution in [3.8, 4) is 0 Å². The van der Waals surface area contributed by atoms with Crippen LogP contribution in [-0.4, -0.2) is 38.3 Å². The van der Waals surface area contributed by atoms with Gasteiger partial charge in [0.1, 0.15) is 0 Å². The number of hydrogen-bond donors (Lipinski definition) is 2. The van der Waals surface area contributed by atoms with Crippen molar-refractivity contribution in [2.24, 2.45) is 11.3 Å². The number of carbonyl (C=O) groups excluding carboxylic acids is 1. The minimum absolute atomic E-state index is 0.0790. The normalized spacial score (nSPS) is 26.7. The highest BCUT2D eigenvalue weighted by Gasteiger charge is 2.48. The molecule has 0 aromatic heterocycles. The molecule has 100 valence electrons. The lowest BCUT2D eigenvalue weighted by molar-refractivity contribution is -0.123. The molecule has 1 amide bonds. The van der Waals surface area contributed by atoms with Gasteiger partial charge in [-0.3, -0.25) is 4.79 Å². The maximum atomic E-state index is 11.5. The van der Waals surface area contributed by atoms with E-state index in [2.05, 4.69) is 38.3 Å². The number of methoxy groups -OCH3 is 1. The molecule has 1 aliphatic carbocycles. The summed E-state index contributed by atoms with van der Waals surface area (Å²) in [5, 5.41) is 6.21. The molecule has 0 spiro atoms. The van der Waals surface area contributed by atoms with Crippen LogP contribution in [0.3, 0.4) is 0 Å². The third-order valence-corrected chi connectivity index (χ3v) is 3.68. The first-order chi connectivity index (χ1) is 7.87. The topological polar surface area (TPSA) is 50.4 Å². The minimum Gasteiger partial charge on any atom is -0.381 e. The molecule has 1 fully saturated rings. The summed E-state index contributed by atoms with van der Waals surface area (Å²) in [6, 6.07) is 0.372. The highest BCUT2D eigenvalue weighted by Crippen LogP contribution is 2.42. The SMILES string of the molecule is COC1CC(NCC(=O)NCC(C)C)C1(C)C. The zero-order valence-electron chi connectivity index (χ0n) is 11.7. The second-order valence-electron chi connectivity index (χ2n) is 5.91. The Hall–Kier alpha value is -0.610. The first kappa shape index (κ1) is 14.5. The number of nitrogens with one attached hydrogen (secondary N) is 2. The van der Waals surface area contributed by atoms with E-state index in [1.54, 1.807) is 7.11 Å². The van der Waals surface area contributed by atoms with Crippen LogP contribution in [0.25, 0.3) is 0 Å². The van der Waals surface area contributed by atoms with Crippen LogP contribution >= 0.6 is 0 Å². The minimum atomic E-state index is 0.0790. The van der Waals surface area contributed by atoms with Crippen molar-refractivity contribution in [3.63, 3.8) is 0 Å². The Morgan fingerprint density at radius 2 is 2.12 bits per heavy atom. The van der Waals surface area contributed by atoms with E-state index in [-0.39, 0.29) is 11.3 Å². The highest BCUT2D eigenvalue weighted by molar-refractivity contribution is 5.78. The molecular weight excluding hydrogens is 216 g/mol. The molecule has 2 unspecified atom stereocenters. The molecule has 0 heterocycles. The van der Waals surface area contributed by atoms with Gasteiger partial charge in [-0.05, 0) is 12.3 Å². The molecule has 1 aliphatic rings. The number of hydrogen-bond acceptors (Lipinski definition) is 3. The van der Waals surface area contributed by atoms with Crippen LogP contribution in [0.4, 0.5) is 0 Å². The molecule has 4 nitrogen and oxygen atoms in total. The van der Waals surface area contributed by atoms with Gasteiger partial charge in [0, 0.05) is 25.1 Å². The van der Waals surface area contributed by atoms with Crippen molar-refractivity contribution in [2.45, 2.75) is 46.3 Å². The Balaban J connectivity index is 2.22. The van der Waals surface area contributed by atoms with Crippen molar-refractivity contribution in [3.05, 3.63) is 0 Å². The summed E-state index contributed by atoms with van der Waals surface area (Å²) in [4.78, 5) is 11.5. The predicted molar refractivity (Wildman–Crippen MR) is 68.8 cm³/mol. The smallest absolute Gasteiger partial charge is 0.233 e. The van der Waals surface area contributed by atoms with Crippen LogP contribution in [-0.2, 0) is 9.53 Å². The summed E-state index contributed by atoms with van der Waals surface area (Å²) in [6.07, 6.45) is 1.29. The van der Waals surface area contributed by atoms with E-state index in [4.69, 9.17) is 4.74 Å². The Kier molecular flexibility index (Phi) is 4.95. The summed E-state index contributed by atoms with van der Waals surface area (Å²) in [7, 11) is 1.75. The van der Waals surface area contributed by atoms with E-state index in [1.165, 1.54) is 0 Å². The van der Waals surface area contributed by atoms with E-state index < -0.39 is 0 Å². The number of amides is 1. The fraction of sp³-hybridized carbons (Fsp3) is 0.923. The van der Waals surface area contributed by atoms with Gasteiger partial charge in [0.2, 0.25) is 5.91 Å². The lowest BCUT2D eigenvalue weighted by Crippen LogP contribution is -2.61. The van der Waals surface area contributed by atoms with Crippen LogP contribution in [0.2, 0.25) is 0 Å².